The summed E-state index contributed by atoms with van der Waals surface area (Å²) < 4.78 is 5.37. The number of rotatable bonds is 7. The Kier molecular flexibility index (Phi) is 6.74. The molecule has 0 fully saturated rings. The number of halogens is 1. The van der Waals surface area contributed by atoms with E-state index in [9.17, 15) is 0 Å². The lowest BCUT2D eigenvalue weighted by Gasteiger charge is -2.14. The van der Waals surface area contributed by atoms with Gasteiger partial charge in [0.05, 0.1) is 0 Å². The van der Waals surface area contributed by atoms with Crippen LogP contribution in [-0.4, -0.2) is 18.5 Å². The second-order valence-corrected chi connectivity index (χ2v) is 4.75. The normalized spacial score (nSPS) is 12.7. The molecule has 0 amide bonds. The average molecular weight is 285 g/mol. The molecule has 1 aromatic rings. The molecule has 1 aromatic carbocycles. The summed E-state index contributed by atoms with van der Waals surface area (Å²) in [6, 6.07) is 8.85. The molecule has 0 aliphatic heterocycles. The maximum atomic E-state index is 5.37. The van der Waals surface area contributed by atoms with Crippen LogP contribution in [0.1, 0.15) is 36.8 Å². The number of aryl methyl sites for hydroxylation is 1. The van der Waals surface area contributed by atoms with Crippen molar-refractivity contribution in [2.45, 2.75) is 32.6 Å². The fourth-order valence-corrected chi connectivity index (χ4v) is 2.45. The standard InChI is InChI=1S/C14H21BrO/c1-3-16-10-4-5-14(11-15)13-8-6-12(2)7-9-13/h6-9,14H,3-5,10-11H2,1-2H3. The Labute approximate surface area is 107 Å². The van der Waals surface area contributed by atoms with Gasteiger partial charge in [-0.15, -0.1) is 0 Å². The molecule has 0 N–H and O–H groups in total. The second-order valence-electron chi connectivity index (χ2n) is 4.10. The Balaban J connectivity index is 2.44. The van der Waals surface area contributed by atoms with E-state index >= 15 is 0 Å². The van der Waals surface area contributed by atoms with Crippen molar-refractivity contribution in [3.8, 4) is 0 Å². The molecule has 0 bridgehead atoms. The van der Waals surface area contributed by atoms with E-state index in [0.29, 0.717) is 5.92 Å². The van der Waals surface area contributed by atoms with Gasteiger partial charge in [-0.05, 0) is 38.2 Å². The van der Waals surface area contributed by atoms with E-state index in [1.807, 2.05) is 6.92 Å². The van der Waals surface area contributed by atoms with E-state index < -0.39 is 0 Å². The minimum absolute atomic E-state index is 0.612. The Hall–Kier alpha value is -0.340. The first-order chi connectivity index (χ1) is 7.77. The Morgan fingerprint density at radius 2 is 1.94 bits per heavy atom. The summed E-state index contributed by atoms with van der Waals surface area (Å²) in [5.41, 5.74) is 2.75. The van der Waals surface area contributed by atoms with Gasteiger partial charge in [0, 0.05) is 18.5 Å². The van der Waals surface area contributed by atoms with Crippen molar-refractivity contribution in [2.75, 3.05) is 18.5 Å². The number of hydrogen-bond acceptors (Lipinski definition) is 1. The van der Waals surface area contributed by atoms with Crippen LogP contribution < -0.4 is 0 Å². The quantitative estimate of drug-likeness (QED) is 0.536. The number of benzene rings is 1. The molecular formula is C14H21BrO. The van der Waals surface area contributed by atoms with Gasteiger partial charge in [0.2, 0.25) is 0 Å². The minimum atomic E-state index is 0.612. The third kappa shape index (κ3) is 4.67. The van der Waals surface area contributed by atoms with Crippen LogP contribution in [-0.2, 0) is 4.74 Å². The predicted molar refractivity (Wildman–Crippen MR) is 73.4 cm³/mol. The first-order valence-electron chi connectivity index (χ1n) is 5.98. The molecule has 1 unspecified atom stereocenters. The van der Waals surface area contributed by atoms with Gasteiger partial charge in [-0.25, -0.2) is 0 Å². The minimum Gasteiger partial charge on any atom is -0.382 e. The van der Waals surface area contributed by atoms with Gasteiger partial charge < -0.3 is 4.74 Å². The summed E-state index contributed by atoms with van der Waals surface area (Å²) in [7, 11) is 0. The van der Waals surface area contributed by atoms with Crippen molar-refractivity contribution >= 4 is 15.9 Å². The molecule has 90 valence electrons. The van der Waals surface area contributed by atoms with Crippen LogP contribution >= 0.6 is 15.9 Å². The Morgan fingerprint density at radius 1 is 1.25 bits per heavy atom. The van der Waals surface area contributed by atoms with Gasteiger partial charge in [-0.1, -0.05) is 45.8 Å². The first kappa shape index (κ1) is 13.7. The maximum absolute atomic E-state index is 5.37. The van der Waals surface area contributed by atoms with Gasteiger partial charge >= 0.3 is 0 Å². The zero-order valence-electron chi connectivity index (χ0n) is 10.2. The molecule has 0 radical (unpaired) electrons. The number of alkyl halides is 1. The van der Waals surface area contributed by atoms with E-state index in [1.165, 1.54) is 17.5 Å². The summed E-state index contributed by atoms with van der Waals surface area (Å²) in [4.78, 5) is 0. The highest BCUT2D eigenvalue weighted by molar-refractivity contribution is 9.09. The number of ether oxygens (including phenoxy) is 1. The van der Waals surface area contributed by atoms with Crippen molar-refractivity contribution in [1.29, 1.82) is 0 Å². The monoisotopic (exact) mass is 284 g/mol. The van der Waals surface area contributed by atoms with Crippen molar-refractivity contribution in [2.24, 2.45) is 0 Å². The van der Waals surface area contributed by atoms with Crippen LogP contribution in [0.15, 0.2) is 24.3 Å². The molecule has 0 aliphatic carbocycles. The van der Waals surface area contributed by atoms with Gasteiger partial charge in [0.15, 0.2) is 0 Å². The Morgan fingerprint density at radius 3 is 2.50 bits per heavy atom. The maximum Gasteiger partial charge on any atom is 0.0466 e. The molecule has 0 aromatic heterocycles. The van der Waals surface area contributed by atoms with E-state index in [0.717, 1.165) is 25.0 Å². The van der Waals surface area contributed by atoms with Gasteiger partial charge in [-0.2, -0.15) is 0 Å². The van der Waals surface area contributed by atoms with Crippen molar-refractivity contribution < 1.29 is 4.74 Å². The van der Waals surface area contributed by atoms with E-state index in [4.69, 9.17) is 4.74 Å². The average Bonchev–Trinajstić information content (AvgIpc) is 2.31. The van der Waals surface area contributed by atoms with Crippen LogP contribution in [0.2, 0.25) is 0 Å². The van der Waals surface area contributed by atoms with E-state index in [1.54, 1.807) is 0 Å². The highest BCUT2D eigenvalue weighted by atomic mass is 79.9. The molecule has 0 spiro atoms. The summed E-state index contributed by atoms with van der Waals surface area (Å²) in [6.07, 6.45) is 2.33. The fraction of sp³-hybridized carbons (Fsp3) is 0.571. The van der Waals surface area contributed by atoms with Crippen LogP contribution in [0.4, 0.5) is 0 Å². The lowest BCUT2D eigenvalue weighted by molar-refractivity contribution is 0.142. The van der Waals surface area contributed by atoms with Gasteiger partial charge in [0.1, 0.15) is 0 Å². The second kappa shape index (κ2) is 7.86. The molecule has 0 saturated heterocycles. The molecule has 1 atom stereocenters. The van der Waals surface area contributed by atoms with E-state index in [-0.39, 0.29) is 0 Å². The van der Waals surface area contributed by atoms with Crippen LogP contribution in [0.25, 0.3) is 0 Å². The zero-order valence-corrected chi connectivity index (χ0v) is 11.8. The Bertz CT molecular complexity index is 281. The highest BCUT2D eigenvalue weighted by Gasteiger charge is 2.09. The highest BCUT2D eigenvalue weighted by Crippen LogP contribution is 2.23. The summed E-state index contributed by atoms with van der Waals surface area (Å²) >= 11 is 3.60. The zero-order chi connectivity index (χ0) is 11.8. The van der Waals surface area contributed by atoms with Crippen molar-refractivity contribution in [3.63, 3.8) is 0 Å². The van der Waals surface area contributed by atoms with Gasteiger partial charge in [-0.3, -0.25) is 0 Å². The van der Waals surface area contributed by atoms with Crippen LogP contribution in [0, 0.1) is 6.92 Å². The molecule has 1 rings (SSSR count). The third-order valence-electron chi connectivity index (χ3n) is 2.78. The topological polar surface area (TPSA) is 9.23 Å². The number of hydrogen-bond donors (Lipinski definition) is 0. The van der Waals surface area contributed by atoms with Crippen LogP contribution in [0.5, 0.6) is 0 Å². The molecule has 2 heteroatoms. The molecule has 0 saturated carbocycles. The molecule has 1 nitrogen and oxygen atoms in total. The molecule has 16 heavy (non-hydrogen) atoms. The summed E-state index contributed by atoms with van der Waals surface area (Å²) in [5.74, 6) is 0.612. The molecule has 0 heterocycles. The lowest BCUT2D eigenvalue weighted by atomic mass is 9.96. The summed E-state index contributed by atoms with van der Waals surface area (Å²) in [5, 5.41) is 1.03. The van der Waals surface area contributed by atoms with Crippen molar-refractivity contribution in [1.82, 2.24) is 0 Å². The SMILES string of the molecule is CCOCCCC(CBr)c1ccc(C)cc1. The third-order valence-corrected chi connectivity index (χ3v) is 3.56. The summed E-state index contributed by atoms with van der Waals surface area (Å²) in [6.45, 7) is 5.87. The lowest BCUT2D eigenvalue weighted by Crippen LogP contribution is -2.03. The van der Waals surface area contributed by atoms with Gasteiger partial charge in [0.25, 0.3) is 0 Å². The molecule has 0 aliphatic rings. The van der Waals surface area contributed by atoms with E-state index in [2.05, 4.69) is 47.1 Å². The first-order valence-corrected chi connectivity index (χ1v) is 7.10. The smallest absolute Gasteiger partial charge is 0.0466 e. The largest absolute Gasteiger partial charge is 0.382 e. The fourth-order valence-electron chi connectivity index (χ4n) is 1.75. The predicted octanol–water partition coefficient (Wildman–Crippen LogP) is 4.29. The molecular weight excluding hydrogens is 264 g/mol. The van der Waals surface area contributed by atoms with Crippen molar-refractivity contribution in [3.05, 3.63) is 35.4 Å². The van der Waals surface area contributed by atoms with Crippen LogP contribution in [0.3, 0.4) is 0 Å².